The van der Waals surface area contributed by atoms with Gasteiger partial charge in [0.25, 0.3) is 0 Å². The van der Waals surface area contributed by atoms with Gasteiger partial charge in [-0.3, -0.25) is 0 Å². The maximum absolute atomic E-state index is 4.46. The number of aryl methyl sites for hydroxylation is 1. The summed E-state index contributed by atoms with van der Waals surface area (Å²) in [6.07, 6.45) is 3.93. The number of hydrogen-bond acceptors (Lipinski definition) is 2. The summed E-state index contributed by atoms with van der Waals surface area (Å²) in [5.41, 5.74) is 0. The van der Waals surface area contributed by atoms with Gasteiger partial charge in [0.05, 0.1) is 6.04 Å². The van der Waals surface area contributed by atoms with Crippen LogP contribution >= 0.6 is 0 Å². The van der Waals surface area contributed by atoms with Gasteiger partial charge in [-0.25, -0.2) is 4.98 Å². The lowest BCUT2D eigenvalue weighted by atomic mass is 9.90. The second-order valence-electron chi connectivity index (χ2n) is 4.44. The normalized spacial score (nSPS) is 15.6. The van der Waals surface area contributed by atoms with E-state index in [0.29, 0.717) is 17.9 Å². The summed E-state index contributed by atoms with van der Waals surface area (Å²) in [7, 11) is 2.01. The highest BCUT2D eigenvalue weighted by Gasteiger charge is 2.23. The number of imidazole rings is 1. The molecule has 3 heteroatoms. The summed E-state index contributed by atoms with van der Waals surface area (Å²) in [5, 5.41) is 3.38. The van der Waals surface area contributed by atoms with Crippen LogP contribution in [0.15, 0.2) is 12.4 Å². The minimum atomic E-state index is 0.347. The topological polar surface area (TPSA) is 29.9 Å². The molecule has 0 aliphatic heterocycles. The van der Waals surface area contributed by atoms with Crippen LogP contribution in [-0.2, 0) is 6.54 Å². The third kappa shape index (κ3) is 2.59. The Bertz CT molecular complexity index is 291. The Morgan fingerprint density at radius 2 is 2.07 bits per heavy atom. The van der Waals surface area contributed by atoms with E-state index in [1.807, 2.05) is 19.4 Å². The third-order valence-corrected chi connectivity index (χ3v) is 3.25. The molecule has 1 heterocycles. The van der Waals surface area contributed by atoms with E-state index in [0.717, 1.165) is 12.4 Å². The summed E-state index contributed by atoms with van der Waals surface area (Å²) in [6, 6.07) is 0.347. The van der Waals surface area contributed by atoms with Crippen LogP contribution in [0.1, 0.15) is 39.6 Å². The molecule has 1 rings (SSSR count). The van der Waals surface area contributed by atoms with Gasteiger partial charge in [-0.05, 0) is 25.8 Å². The van der Waals surface area contributed by atoms with Crippen LogP contribution in [0.5, 0.6) is 0 Å². The van der Waals surface area contributed by atoms with Crippen molar-refractivity contribution in [1.29, 1.82) is 0 Å². The quantitative estimate of drug-likeness (QED) is 0.807. The average Bonchev–Trinajstić information content (AvgIpc) is 2.66. The maximum atomic E-state index is 4.46. The fraction of sp³-hybridized carbons (Fsp3) is 0.750. The molecule has 0 bridgehead atoms. The van der Waals surface area contributed by atoms with E-state index in [-0.39, 0.29) is 0 Å². The van der Waals surface area contributed by atoms with Gasteiger partial charge < -0.3 is 9.88 Å². The molecule has 0 aliphatic carbocycles. The van der Waals surface area contributed by atoms with E-state index < -0.39 is 0 Å². The first-order valence-electron chi connectivity index (χ1n) is 5.80. The van der Waals surface area contributed by atoms with Gasteiger partial charge in [0.15, 0.2) is 0 Å². The molecular formula is C12H23N3. The molecule has 2 unspecified atom stereocenters. The first kappa shape index (κ1) is 12.2. The molecular weight excluding hydrogens is 186 g/mol. The molecule has 0 fully saturated rings. The molecule has 1 aromatic rings. The van der Waals surface area contributed by atoms with E-state index in [9.17, 15) is 0 Å². The fourth-order valence-corrected chi connectivity index (χ4v) is 1.88. The molecule has 0 radical (unpaired) electrons. The minimum Gasteiger partial charge on any atom is -0.334 e. The number of nitrogens with zero attached hydrogens (tertiary/aromatic N) is 2. The smallest absolute Gasteiger partial charge is 0.126 e. The lowest BCUT2D eigenvalue weighted by Crippen LogP contribution is -2.29. The van der Waals surface area contributed by atoms with Gasteiger partial charge in [-0.1, -0.05) is 20.8 Å². The minimum absolute atomic E-state index is 0.347. The van der Waals surface area contributed by atoms with Crippen molar-refractivity contribution in [3.8, 4) is 0 Å². The highest BCUT2D eigenvalue weighted by molar-refractivity contribution is 5.01. The van der Waals surface area contributed by atoms with E-state index in [1.54, 1.807) is 0 Å². The van der Waals surface area contributed by atoms with Crippen LogP contribution < -0.4 is 5.32 Å². The standard InChI is InChI=1S/C12H23N3/c1-6-15-8-7-14-12(15)11(13-5)10(4)9(2)3/h7-11,13H,6H2,1-5H3. The molecule has 86 valence electrons. The summed E-state index contributed by atoms with van der Waals surface area (Å²) in [5.74, 6) is 2.40. The number of aromatic nitrogens is 2. The molecule has 3 nitrogen and oxygen atoms in total. The van der Waals surface area contributed by atoms with Crippen LogP contribution in [0.4, 0.5) is 0 Å². The summed E-state index contributed by atoms with van der Waals surface area (Å²) < 4.78 is 2.21. The predicted molar refractivity (Wildman–Crippen MR) is 63.7 cm³/mol. The van der Waals surface area contributed by atoms with Gasteiger partial charge in [0.2, 0.25) is 0 Å². The monoisotopic (exact) mass is 209 g/mol. The Morgan fingerprint density at radius 3 is 2.53 bits per heavy atom. The van der Waals surface area contributed by atoms with Crippen molar-refractivity contribution in [2.24, 2.45) is 11.8 Å². The number of hydrogen-bond donors (Lipinski definition) is 1. The lowest BCUT2D eigenvalue weighted by Gasteiger charge is -2.26. The van der Waals surface area contributed by atoms with Gasteiger partial charge in [-0.15, -0.1) is 0 Å². The molecule has 0 amide bonds. The Labute approximate surface area is 92.9 Å². The first-order chi connectivity index (χ1) is 7.11. The Balaban J connectivity index is 2.91. The van der Waals surface area contributed by atoms with Crippen molar-refractivity contribution in [2.75, 3.05) is 7.05 Å². The van der Waals surface area contributed by atoms with Gasteiger partial charge >= 0.3 is 0 Å². The highest BCUT2D eigenvalue weighted by atomic mass is 15.1. The highest BCUT2D eigenvalue weighted by Crippen LogP contribution is 2.26. The molecule has 0 saturated carbocycles. The largest absolute Gasteiger partial charge is 0.334 e. The molecule has 2 atom stereocenters. The fourth-order valence-electron chi connectivity index (χ4n) is 1.88. The van der Waals surface area contributed by atoms with Crippen molar-refractivity contribution >= 4 is 0 Å². The van der Waals surface area contributed by atoms with Crippen molar-refractivity contribution in [2.45, 2.75) is 40.3 Å². The van der Waals surface area contributed by atoms with Crippen LogP contribution in [0.3, 0.4) is 0 Å². The maximum Gasteiger partial charge on any atom is 0.126 e. The summed E-state index contributed by atoms with van der Waals surface area (Å²) >= 11 is 0. The van der Waals surface area contributed by atoms with E-state index in [1.165, 1.54) is 0 Å². The van der Waals surface area contributed by atoms with Crippen LogP contribution in [0.2, 0.25) is 0 Å². The molecule has 1 N–H and O–H groups in total. The Hall–Kier alpha value is -0.830. The Kier molecular flexibility index (Phi) is 4.33. The van der Waals surface area contributed by atoms with Crippen molar-refractivity contribution < 1.29 is 0 Å². The molecule has 0 spiro atoms. The lowest BCUT2D eigenvalue weighted by molar-refractivity contribution is 0.300. The van der Waals surface area contributed by atoms with Crippen molar-refractivity contribution in [1.82, 2.24) is 14.9 Å². The number of nitrogens with one attached hydrogen (secondary N) is 1. The predicted octanol–water partition coefficient (Wildman–Crippen LogP) is 2.46. The number of rotatable bonds is 5. The van der Waals surface area contributed by atoms with E-state index in [4.69, 9.17) is 0 Å². The Morgan fingerprint density at radius 1 is 1.40 bits per heavy atom. The van der Waals surface area contributed by atoms with Crippen LogP contribution in [0, 0.1) is 11.8 Å². The van der Waals surface area contributed by atoms with E-state index in [2.05, 4.69) is 42.6 Å². The molecule has 0 saturated heterocycles. The zero-order valence-corrected chi connectivity index (χ0v) is 10.5. The molecule has 1 aromatic heterocycles. The molecule has 0 aromatic carbocycles. The molecule has 15 heavy (non-hydrogen) atoms. The SMILES string of the molecule is CCn1ccnc1C(NC)C(C)C(C)C. The summed E-state index contributed by atoms with van der Waals surface area (Å²) in [6.45, 7) is 9.93. The average molecular weight is 209 g/mol. The van der Waals surface area contributed by atoms with E-state index >= 15 is 0 Å². The van der Waals surface area contributed by atoms with Gasteiger partial charge in [0.1, 0.15) is 5.82 Å². The van der Waals surface area contributed by atoms with Crippen molar-refractivity contribution in [3.05, 3.63) is 18.2 Å². The second kappa shape index (κ2) is 5.31. The zero-order valence-electron chi connectivity index (χ0n) is 10.5. The van der Waals surface area contributed by atoms with Crippen LogP contribution in [-0.4, -0.2) is 16.6 Å². The zero-order chi connectivity index (χ0) is 11.4. The van der Waals surface area contributed by atoms with Crippen molar-refractivity contribution in [3.63, 3.8) is 0 Å². The van der Waals surface area contributed by atoms with Crippen LogP contribution in [0.25, 0.3) is 0 Å². The first-order valence-corrected chi connectivity index (χ1v) is 5.80. The second-order valence-corrected chi connectivity index (χ2v) is 4.44. The third-order valence-electron chi connectivity index (χ3n) is 3.25. The molecule has 0 aliphatic rings. The summed E-state index contributed by atoms with van der Waals surface area (Å²) in [4.78, 5) is 4.46. The van der Waals surface area contributed by atoms with Gasteiger partial charge in [-0.2, -0.15) is 0 Å². The van der Waals surface area contributed by atoms with Gasteiger partial charge in [0, 0.05) is 18.9 Å².